The van der Waals surface area contributed by atoms with Gasteiger partial charge in [0.2, 0.25) is 0 Å². The fourth-order valence-electron chi connectivity index (χ4n) is 2.22. The molecule has 21 heavy (non-hydrogen) atoms. The van der Waals surface area contributed by atoms with E-state index in [-0.39, 0.29) is 6.04 Å². The number of nitrogens with zero attached hydrogens (tertiary/aromatic N) is 3. The Labute approximate surface area is 121 Å². The van der Waals surface area contributed by atoms with Crippen LogP contribution in [0.3, 0.4) is 0 Å². The van der Waals surface area contributed by atoms with Gasteiger partial charge in [-0.15, -0.1) is 0 Å². The summed E-state index contributed by atoms with van der Waals surface area (Å²) in [6.45, 7) is 3.45. The van der Waals surface area contributed by atoms with Gasteiger partial charge in [-0.2, -0.15) is 0 Å². The summed E-state index contributed by atoms with van der Waals surface area (Å²) in [5.41, 5.74) is 5.82. The second kappa shape index (κ2) is 6.68. The van der Waals surface area contributed by atoms with E-state index in [1.165, 1.54) is 4.57 Å². The van der Waals surface area contributed by atoms with Crippen LogP contribution in [0.25, 0.3) is 11.2 Å². The first-order chi connectivity index (χ1) is 10.1. The number of nitrogens with one attached hydrogen (secondary N) is 1. The Morgan fingerprint density at radius 1 is 1.48 bits per heavy atom. The molecule has 0 fully saturated rings. The minimum atomic E-state index is -0.450. The van der Waals surface area contributed by atoms with E-state index in [0.29, 0.717) is 37.3 Å². The topological polar surface area (TPSA) is 108 Å². The molecule has 0 aromatic carbocycles. The van der Waals surface area contributed by atoms with E-state index in [1.54, 1.807) is 18.0 Å². The molecule has 2 heterocycles. The zero-order valence-electron chi connectivity index (χ0n) is 12.3. The highest BCUT2D eigenvalue weighted by molar-refractivity contribution is 5.69. The molecule has 0 amide bonds. The number of fused-ring (bicyclic) bond motifs is 1. The Hall–Kier alpha value is -1.93. The highest BCUT2D eigenvalue weighted by Gasteiger charge is 2.14. The van der Waals surface area contributed by atoms with Gasteiger partial charge < -0.3 is 15.0 Å². The van der Waals surface area contributed by atoms with Crippen LogP contribution in [0.15, 0.2) is 15.9 Å². The van der Waals surface area contributed by atoms with E-state index < -0.39 is 11.2 Å². The lowest BCUT2D eigenvalue weighted by Crippen LogP contribution is -2.32. The van der Waals surface area contributed by atoms with Crippen molar-refractivity contribution in [2.45, 2.75) is 38.9 Å². The van der Waals surface area contributed by atoms with Crippen molar-refractivity contribution in [1.29, 1.82) is 0 Å². The molecule has 1 unspecified atom stereocenters. The lowest BCUT2D eigenvalue weighted by Gasteiger charge is -2.10. The van der Waals surface area contributed by atoms with Gasteiger partial charge in [0.15, 0.2) is 11.2 Å². The minimum Gasteiger partial charge on any atom is -0.385 e. The summed E-state index contributed by atoms with van der Waals surface area (Å²) < 4.78 is 8.15. The van der Waals surface area contributed by atoms with Gasteiger partial charge in [0, 0.05) is 32.8 Å². The second-order valence-corrected chi connectivity index (χ2v) is 4.99. The second-order valence-electron chi connectivity index (χ2n) is 4.99. The SMILES string of the molecule is CCC(N)Cn1cnc2c1c(=O)[nH]c(=O)n2CCCOC. The molecule has 2 aromatic rings. The summed E-state index contributed by atoms with van der Waals surface area (Å²) in [4.78, 5) is 30.5. The Morgan fingerprint density at radius 3 is 2.90 bits per heavy atom. The molecule has 0 aliphatic carbocycles. The van der Waals surface area contributed by atoms with Crippen molar-refractivity contribution in [2.24, 2.45) is 5.73 Å². The van der Waals surface area contributed by atoms with E-state index in [2.05, 4.69) is 9.97 Å². The zero-order valence-corrected chi connectivity index (χ0v) is 12.3. The molecule has 0 saturated heterocycles. The quantitative estimate of drug-likeness (QED) is 0.679. The highest BCUT2D eigenvalue weighted by Crippen LogP contribution is 2.08. The third-order valence-corrected chi connectivity index (χ3v) is 3.44. The van der Waals surface area contributed by atoms with E-state index in [9.17, 15) is 9.59 Å². The normalized spacial score (nSPS) is 12.9. The Morgan fingerprint density at radius 2 is 2.24 bits per heavy atom. The summed E-state index contributed by atoms with van der Waals surface area (Å²) in [6, 6.07) is -0.0596. The van der Waals surface area contributed by atoms with Gasteiger partial charge in [0.05, 0.1) is 6.33 Å². The summed E-state index contributed by atoms with van der Waals surface area (Å²) in [6.07, 6.45) is 3.02. The number of aromatic nitrogens is 4. The Kier molecular flexibility index (Phi) is 4.92. The first kappa shape index (κ1) is 15.5. The average molecular weight is 295 g/mol. The van der Waals surface area contributed by atoms with Crippen LogP contribution in [0.1, 0.15) is 19.8 Å². The van der Waals surface area contributed by atoms with Gasteiger partial charge in [0.25, 0.3) is 5.56 Å². The lowest BCUT2D eigenvalue weighted by atomic mass is 10.2. The summed E-state index contributed by atoms with van der Waals surface area (Å²) in [5, 5.41) is 0. The molecule has 0 aliphatic heterocycles. The third kappa shape index (κ3) is 3.22. The Bertz CT molecular complexity index is 715. The number of aryl methyl sites for hydroxylation is 1. The van der Waals surface area contributed by atoms with Crippen molar-refractivity contribution in [3.05, 3.63) is 27.2 Å². The fourth-order valence-corrected chi connectivity index (χ4v) is 2.22. The summed E-state index contributed by atoms with van der Waals surface area (Å²) >= 11 is 0. The van der Waals surface area contributed by atoms with E-state index >= 15 is 0 Å². The maximum atomic E-state index is 12.0. The van der Waals surface area contributed by atoms with Crippen LogP contribution in [-0.4, -0.2) is 38.9 Å². The van der Waals surface area contributed by atoms with Gasteiger partial charge in [-0.1, -0.05) is 6.92 Å². The standard InChI is InChI=1S/C13H21N5O3/c1-3-9(14)7-17-8-15-11-10(17)12(19)16-13(20)18(11)5-4-6-21-2/h8-9H,3-7,14H2,1-2H3,(H,16,19,20). The predicted octanol–water partition coefficient (Wildman–Crippen LogP) is -0.340. The molecule has 0 aliphatic rings. The monoisotopic (exact) mass is 295 g/mol. The molecule has 116 valence electrons. The van der Waals surface area contributed by atoms with Crippen molar-refractivity contribution in [1.82, 2.24) is 19.1 Å². The van der Waals surface area contributed by atoms with Crippen LogP contribution in [-0.2, 0) is 17.8 Å². The number of hydrogen-bond acceptors (Lipinski definition) is 5. The summed E-state index contributed by atoms with van der Waals surface area (Å²) in [7, 11) is 1.60. The Balaban J connectivity index is 2.46. The molecule has 0 spiro atoms. The van der Waals surface area contributed by atoms with Crippen LogP contribution in [0.5, 0.6) is 0 Å². The molecule has 2 rings (SSSR count). The molecule has 3 N–H and O–H groups in total. The average Bonchev–Trinajstić information content (AvgIpc) is 2.86. The number of hydrogen-bond donors (Lipinski definition) is 2. The van der Waals surface area contributed by atoms with Gasteiger partial charge in [-0.25, -0.2) is 9.78 Å². The highest BCUT2D eigenvalue weighted by atomic mass is 16.5. The van der Waals surface area contributed by atoms with Crippen molar-refractivity contribution in [2.75, 3.05) is 13.7 Å². The van der Waals surface area contributed by atoms with Gasteiger partial charge >= 0.3 is 5.69 Å². The number of methoxy groups -OCH3 is 1. The maximum absolute atomic E-state index is 12.0. The van der Waals surface area contributed by atoms with Crippen LogP contribution in [0, 0.1) is 0 Å². The molecule has 0 bridgehead atoms. The van der Waals surface area contributed by atoms with Crippen molar-refractivity contribution in [3.63, 3.8) is 0 Å². The van der Waals surface area contributed by atoms with Crippen LogP contribution < -0.4 is 17.0 Å². The number of imidazole rings is 1. The minimum absolute atomic E-state index is 0.0596. The fraction of sp³-hybridized carbons (Fsp3) is 0.615. The van der Waals surface area contributed by atoms with Crippen molar-refractivity contribution in [3.8, 4) is 0 Å². The summed E-state index contributed by atoms with van der Waals surface area (Å²) in [5.74, 6) is 0. The van der Waals surface area contributed by atoms with Crippen LogP contribution in [0.2, 0.25) is 0 Å². The van der Waals surface area contributed by atoms with Gasteiger partial charge in [0.1, 0.15) is 0 Å². The van der Waals surface area contributed by atoms with E-state index in [4.69, 9.17) is 10.5 Å². The van der Waals surface area contributed by atoms with E-state index in [1.807, 2.05) is 6.92 Å². The number of H-pyrrole nitrogens is 1. The molecule has 1 atom stereocenters. The van der Waals surface area contributed by atoms with Crippen LogP contribution in [0.4, 0.5) is 0 Å². The first-order valence-corrected chi connectivity index (χ1v) is 7.01. The number of ether oxygens (including phenoxy) is 1. The predicted molar refractivity (Wildman–Crippen MR) is 79.4 cm³/mol. The molecule has 0 radical (unpaired) electrons. The third-order valence-electron chi connectivity index (χ3n) is 3.44. The zero-order chi connectivity index (χ0) is 15.4. The molecule has 0 saturated carbocycles. The van der Waals surface area contributed by atoms with Crippen molar-refractivity contribution < 1.29 is 4.74 Å². The van der Waals surface area contributed by atoms with Gasteiger partial charge in [-0.05, 0) is 12.8 Å². The number of aromatic amines is 1. The number of rotatable bonds is 7. The molecular formula is C13H21N5O3. The van der Waals surface area contributed by atoms with Crippen LogP contribution >= 0.6 is 0 Å². The first-order valence-electron chi connectivity index (χ1n) is 7.01. The number of nitrogens with two attached hydrogens (primary N) is 1. The lowest BCUT2D eigenvalue weighted by molar-refractivity contribution is 0.190. The smallest absolute Gasteiger partial charge is 0.330 e. The molecule has 8 nitrogen and oxygen atoms in total. The van der Waals surface area contributed by atoms with Crippen molar-refractivity contribution >= 4 is 11.2 Å². The molecular weight excluding hydrogens is 274 g/mol. The van der Waals surface area contributed by atoms with E-state index in [0.717, 1.165) is 6.42 Å². The van der Waals surface area contributed by atoms with Gasteiger partial charge in [-0.3, -0.25) is 14.3 Å². The molecule has 8 heteroatoms. The molecule has 2 aromatic heterocycles. The largest absolute Gasteiger partial charge is 0.385 e. The maximum Gasteiger partial charge on any atom is 0.330 e.